The normalized spacial score (nSPS) is 9.83. The number of hydrogen-bond donors (Lipinski definition) is 2. The van der Waals surface area contributed by atoms with Gasteiger partial charge in [-0.1, -0.05) is 0 Å². The van der Waals surface area contributed by atoms with Crippen molar-refractivity contribution < 1.29 is 9.59 Å². The molecule has 1 aromatic rings. The predicted molar refractivity (Wildman–Crippen MR) is 63.3 cm³/mol. The molecule has 0 aliphatic heterocycles. The Morgan fingerprint density at radius 1 is 1.39 bits per heavy atom. The Bertz CT molecular complexity index is 511. The van der Waals surface area contributed by atoms with Crippen LogP contribution in [0.5, 0.6) is 0 Å². The van der Waals surface area contributed by atoms with Crippen molar-refractivity contribution in [1.82, 2.24) is 9.78 Å². The first-order chi connectivity index (χ1) is 8.36. The molecule has 4 N–H and O–H groups in total. The fraction of sp³-hybridized carbons (Fsp3) is 0.400. The number of rotatable bonds is 5. The van der Waals surface area contributed by atoms with Crippen molar-refractivity contribution in [3.05, 3.63) is 11.3 Å². The van der Waals surface area contributed by atoms with Crippen molar-refractivity contribution in [2.45, 2.75) is 6.92 Å². The van der Waals surface area contributed by atoms with Crippen LogP contribution in [0, 0.1) is 18.3 Å². The third kappa shape index (κ3) is 2.76. The molecule has 0 fully saturated rings. The van der Waals surface area contributed by atoms with E-state index in [0.717, 1.165) is 0 Å². The van der Waals surface area contributed by atoms with Crippen LogP contribution in [0.15, 0.2) is 0 Å². The summed E-state index contributed by atoms with van der Waals surface area (Å²) in [6.45, 7) is 1.24. The number of carbonyl (C=O) groups excluding carboxylic acids is 2. The monoisotopic (exact) mass is 250 g/mol. The zero-order chi connectivity index (χ0) is 13.9. The lowest BCUT2D eigenvalue weighted by Crippen LogP contribution is -2.41. The SMILES string of the molecule is Cc1nn(C)c(N(CC(N)=O)CC(N)=O)c1C#N. The van der Waals surface area contributed by atoms with E-state index >= 15 is 0 Å². The minimum Gasteiger partial charge on any atom is -0.368 e. The van der Waals surface area contributed by atoms with Crippen molar-refractivity contribution in [1.29, 1.82) is 5.26 Å². The van der Waals surface area contributed by atoms with E-state index in [-0.39, 0.29) is 13.1 Å². The third-order valence-electron chi connectivity index (χ3n) is 2.30. The van der Waals surface area contributed by atoms with E-state index in [9.17, 15) is 9.59 Å². The fourth-order valence-electron chi connectivity index (χ4n) is 1.72. The van der Waals surface area contributed by atoms with E-state index < -0.39 is 11.8 Å². The molecular weight excluding hydrogens is 236 g/mol. The number of hydrogen-bond acceptors (Lipinski definition) is 5. The molecule has 0 spiro atoms. The van der Waals surface area contributed by atoms with Crippen LogP contribution in [0.1, 0.15) is 11.3 Å². The summed E-state index contributed by atoms with van der Waals surface area (Å²) in [5, 5.41) is 13.1. The van der Waals surface area contributed by atoms with Crippen LogP contribution in [-0.4, -0.2) is 34.7 Å². The minimum atomic E-state index is -0.626. The van der Waals surface area contributed by atoms with Crippen molar-refractivity contribution in [2.24, 2.45) is 18.5 Å². The number of primary amides is 2. The number of nitriles is 1. The molecule has 0 saturated carbocycles. The third-order valence-corrected chi connectivity index (χ3v) is 2.30. The lowest BCUT2D eigenvalue weighted by Gasteiger charge is -2.21. The molecule has 0 aliphatic rings. The first kappa shape index (κ1) is 13.5. The first-order valence-electron chi connectivity index (χ1n) is 5.12. The smallest absolute Gasteiger partial charge is 0.237 e. The Kier molecular flexibility index (Phi) is 3.89. The number of nitrogens with two attached hydrogens (primary N) is 2. The summed E-state index contributed by atoms with van der Waals surface area (Å²) in [5.74, 6) is -0.898. The number of carbonyl (C=O) groups is 2. The molecule has 1 aromatic heterocycles. The average Bonchev–Trinajstić information content (AvgIpc) is 2.50. The zero-order valence-electron chi connectivity index (χ0n) is 10.2. The van der Waals surface area contributed by atoms with Gasteiger partial charge in [-0.3, -0.25) is 14.3 Å². The first-order valence-corrected chi connectivity index (χ1v) is 5.12. The van der Waals surface area contributed by atoms with Crippen molar-refractivity contribution in [2.75, 3.05) is 18.0 Å². The topological polar surface area (TPSA) is 131 Å². The Morgan fingerprint density at radius 2 is 1.89 bits per heavy atom. The summed E-state index contributed by atoms with van der Waals surface area (Å²) in [5.41, 5.74) is 11.0. The molecule has 1 heterocycles. The highest BCUT2D eigenvalue weighted by Crippen LogP contribution is 2.21. The van der Waals surface area contributed by atoms with E-state index in [1.807, 2.05) is 6.07 Å². The predicted octanol–water partition coefficient (Wildman–Crippen LogP) is -1.62. The second-order valence-corrected chi connectivity index (χ2v) is 3.81. The highest BCUT2D eigenvalue weighted by Gasteiger charge is 2.21. The maximum atomic E-state index is 11.0. The number of amides is 2. The summed E-state index contributed by atoms with van der Waals surface area (Å²) in [4.78, 5) is 23.3. The number of aromatic nitrogens is 2. The van der Waals surface area contributed by atoms with Crippen LogP contribution in [0.25, 0.3) is 0 Å². The molecule has 8 heteroatoms. The lowest BCUT2D eigenvalue weighted by atomic mass is 10.2. The molecule has 2 amide bonds. The zero-order valence-corrected chi connectivity index (χ0v) is 10.2. The van der Waals surface area contributed by atoms with E-state index in [4.69, 9.17) is 16.7 Å². The van der Waals surface area contributed by atoms with Gasteiger partial charge in [-0.25, -0.2) is 0 Å². The average molecular weight is 250 g/mol. The van der Waals surface area contributed by atoms with Gasteiger partial charge in [0.1, 0.15) is 17.5 Å². The van der Waals surface area contributed by atoms with E-state index in [1.165, 1.54) is 9.58 Å². The van der Waals surface area contributed by atoms with Gasteiger partial charge in [0.15, 0.2) is 0 Å². The van der Waals surface area contributed by atoms with Crippen molar-refractivity contribution in [3.8, 4) is 6.07 Å². The van der Waals surface area contributed by atoms with Gasteiger partial charge >= 0.3 is 0 Å². The van der Waals surface area contributed by atoms with Crippen LogP contribution in [-0.2, 0) is 16.6 Å². The molecule has 18 heavy (non-hydrogen) atoms. The van der Waals surface area contributed by atoms with E-state index in [0.29, 0.717) is 17.1 Å². The second kappa shape index (κ2) is 5.18. The molecule has 0 aromatic carbocycles. The molecule has 0 bridgehead atoms. The lowest BCUT2D eigenvalue weighted by molar-refractivity contribution is -0.117. The molecule has 0 saturated heterocycles. The molecule has 0 aliphatic carbocycles. The maximum absolute atomic E-state index is 11.0. The molecular formula is C10H14N6O2. The van der Waals surface area contributed by atoms with E-state index in [1.54, 1.807) is 14.0 Å². The number of aryl methyl sites for hydroxylation is 2. The maximum Gasteiger partial charge on any atom is 0.237 e. The van der Waals surface area contributed by atoms with Gasteiger partial charge in [-0.2, -0.15) is 10.4 Å². The summed E-state index contributed by atoms with van der Waals surface area (Å²) in [7, 11) is 1.61. The van der Waals surface area contributed by atoms with Gasteiger partial charge in [-0.05, 0) is 6.92 Å². The van der Waals surface area contributed by atoms with Gasteiger partial charge in [0.05, 0.1) is 18.8 Å². The fourth-order valence-corrected chi connectivity index (χ4v) is 1.72. The second-order valence-electron chi connectivity index (χ2n) is 3.81. The van der Waals surface area contributed by atoms with Gasteiger partial charge in [-0.15, -0.1) is 0 Å². The summed E-state index contributed by atoms with van der Waals surface area (Å²) >= 11 is 0. The molecule has 1 rings (SSSR count). The Labute approximate surface area is 104 Å². The molecule has 96 valence electrons. The Morgan fingerprint density at radius 3 is 2.28 bits per heavy atom. The van der Waals surface area contributed by atoms with Gasteiger partial charge in [0.25, 0.3) is 0 Å². The number of anilines is 1. The van der Waals surface area contributed by atoms with Crippen LogP contribution in [0.3, 0.4) is 0 Å². The standard InChI is InChI=1S/C10H14N6O2/c1-6-7(3-11)10(15(2)14-6)16(4-8(12)17)5-9(13)18/h4-5H2,1-2H3,(H2,12,17)(H2,13,18). The van der Waals surface area contributed by atoms with Gasteiger partial charge in [0, 0.05) is 7.05 Å². The van der Waals surface area contributed by atoms with Crippen LogP contribution in [0.2, 0.25) is 0 Å². The highest BCUT2D eigenvalue weighted by atomic mass is 16.2. The van der Waals surface area contributed by atoms with Crippen molar-refractivity contribution >= 4 is 17.6 Å². The van der Waals surface area contributed by atoms with E-state index in [2.05, 4.69) is 5.10 Å². The largest absolute Gasteiger partial charge is 0.368 e. The van der Waals surface area contributed by atoms with Gasteiger partial charge < -0.3 is 16.4 Å². The molecule has 0 atom stereocenters. The Hall–Kier alpha value is -2.56. The molecule has 0 unspecified atom stereocenters. The minimum absolute atomic E-state index is 0.212. The summed E-state index contributed by atoms with van der Waals surface area (Å²) in [6, 6.07) is 1.98. The van der Waals surface area contributed by atoms with Crippen molar-refractivity contribution in [3.63, 3.8) is 0 Å². The summed E-state index contributed by atoms with van der Waals surface area (Å²) < 4.78 is 1.42. The number of nitrogens with zero attached hydrogens (tertiary/aromatic N) is 4. The van der Waals surface area contributed by atoms with Crippen LogP contribution >= 0.6 is 0 Å². The summed E-state index contributed by atoms with van der Waals surface area (Å²) in [6.07, 6.45) is 0. The van der Waals surface area contributed by atoms with Gasteiger partial charge in [0.2, 0.25) is 11.8 Å². The Balaban J connectivity index is 3.24. The molecule has 8 nitrogen and oxygen atoms in total. The quantitative estimate of drug-likeness (QED) is 0.648. The molecule has 0 radical (unpaired) electrons. The van der Waals surface area contributed by atoms with Crippen LogP contribution in [0.4, 0.5) is 5.82 Å². The van der Waals surface area contributed by atoms with Crippen LogP contribution < -0.4 is 16.4 Å². The highest BCUT2D eigenvalue weighted by molar-refractivity contribution is 5.85.